The molecule has 1 unspecified atom stereocenters. The maximum atomic E-state index is 14.0. The number of aliphatic hydroxyl groups is 1. The molecule has 0 spiro atoms. The van der Waals surface area contributed by atoms with E-state index in [0.717, 1.165) is 32.4 Å². The number of hydrogen-bond donors (Lipinski definition) is 1. The lowest BCUT2D eigenvalue weighted by molar-refractivity contribution is 0.0744. The van der Waals surface area contributed by atoms with Gasteiger partial charge in [-0.2, -0.15) is 0 Å². The Balaban J connectivity index is 1.36. The Morgan fingerprint density at radius 1 is 1.22 bits per heavy atom. The van der Waals surface area contributed by atoms with Crippen molar-refractivity contribution in [2.75, 3.05) is 26.2 Å². The summed E-state index contributed by atoms with van der Waals surface area (Å²) in [6, 6.07) is 8.45. The molecule has 27 heavy (non-hydrogen) atoms. The Morgan fingerprint density at radius 2 is 2.00 bits per heavy atom. The lowest BCUT2D eigenvalue weighted by atomic mass is 9.98. The topological polar surface area (TPSA) is 69.8 Å². The fourth-order valence-electron chi connectivity index (χ4n) is 3.95. The Hall–Kier alpha value is -2.25. The minimum atomic E-state index is -0.217. The Morgan fingerprint density at radius 3 is 2.78 bits per heavy atom. The van der Waals surface area contributed by atoms with E-state index >= 15 is 0 Å². The second-order valence-electron chi connectivity index (χ2n) is 7.44. The summed E-state index contributed by atoms with van der Waals surface area (Å²) in [4.78, 5) is 16.6. The van der Waals surface area contributed by atoms with E-state index in [0.29, 0.717) is 36.7 Å². The van der Waals surface area contributed by atoms with Crippen molar-refractivity contribution in [3.8, 4) is 0 Å². The highest BCUT2D eigenvalue weighted by atomic mass is 19.1. The second-order valence-corrected chi connectivity index (χ2v) is 7.44. The Bertz CT molecular complexity index is 801. The molecule has 2 fully saturated rings. The zero-order chi connectivity index (χ0) is 18.8. The van der Waals surface area contributed by atoms with Crippen molar-refractivity contribution >= 4 is 5.91 Å². The van der Waals surface area contributed by atoms with Gasteiger partial charge in [0.05, 0.1) is 12.6 Å². The number of hydrogen-bond acceptors (Lipinski definition) is 5. The molecule has 1 atom stereocenters. The predicted molar refractivity (Wildman–Crippen MR) is 96.7 cm³/mol. The van der Waals surface area contributed by atoms with Crippen molar-refractivity contribution in [3.05, 3.63) is 53.2 Å². The van der Waals surface area contributed by atoms with Crippen molar-refractivity contribution in [2.24, 2.45) is 0 Å². The average molecular weight is 373 g/mol. The number of aromatic nitrogens is 1. The number of amides is 1. The third kappa shape index (κ3) is 4.04. The number of piperidine rings is 1. The number of likely N-dealkylation sites (tertiary alicyclic amines) is 2. The quantitative estimate of drug-likeness (QED) is 0.891. The van der Waals surface area contributed by atoms with E-state index in [-0.39, 0.29) is 23.7 Å². The molecule has 3 heterocycles. The van der Waals surface area contributed by atoms with Crippen LogP contribution in [0.4, 0.5) is 4.39 Å². The van der Waals surface area contributed by atoms with Crippen LogP contribution in [0.5, 0.6) is 0 Å². The maximum absolute atomic E-state index is 14.0. The maximum Gasteiger partial charge on any atom is 0.276 e. The van der Waals surface area contributed by atoms with Gasteiger partial charge in [-0.05, 0) is 30.9 Å². The summed E-state index contributed by atoms with van der Waals surface area (Å²) in [5.41, 5.74) is 0.970. The molecule has 2 aromatic rings. The van der Waals surface area contributed by atoms with Crippen molar-refractivity contribution < 1.29 is 18.8 Å². The van der Waals surface area contributed by atoms with Gasteiger partial charge >= 0.3 is 0 Å². The van der Waals surface area contributed by atoms with Gasteiger partial charge in [-0.3, -0.25) is 9.69 Å². The van der Waals surface area contributed by atoms with Crippen LogP contribution in [0.3, 0.4) is 0 Å². The molecule has 1 aromatic heterocycles. The number of rotatable bonds is 4. The average Bonchev–Trinajstić information content (AvgIpc) is 3.33. The number of aliphatic hydroxyl groups excluding tert-OH is 1. The Kier molecular flexibility index (Phi) is 5.22. The molecule has 144 valence electrons. The minimum Gasteiger partial charge on any atom is -0.393 e. The molecule has 0 aliphatic carbocycles. The number of nitrogens with zero attached hydrogens (tertiary/aromatic N) is 3. The number of carbonyl (C=O) groups excluding carboxylic acids is 1. The van der Waals surface area contributed by atoms with Crippen molar-refractivity contribution in [3.63, 3.8) is 0 Å². The normalized spacial score (nSPS) is 21.7. The summed E-state index contributed by atoms with van der Waals surface area (Å²) in [6.45, 7) is 3.28. The summed E-state index contributed by atoms with van der Waals surface area (Å²) >= 11 is 0. The van der Waals surface area contributed by atoms with Crippen LogP contribution in [-0.2, 0) is 6.54 Å². The highest BCUT2D eigenvalue weighted by molar-refractivity contribution is 5.92. The van der Waals surface area contributed by atoms with E-state index < -0.39 is 0 Å². The molecule has 6 nitrogen and oxygen atoms in total. The highest BCUT2D eigenvalue weighted by Crippen LogP contribution is 2.29. The van der Waals surface area contributed by atoms with Crippen LogP contribution >= 0.6 is 0 Å². The van der Waals surface area contributed by atoms with Gasteiger partial charge in [-0.15, -0.1) is 0 Å². The summed E-state index contributed by atoms with van der Waals surface area (Å²) in [5, 5.41) is 13.5. The van der Waals surface area contributed by atoms with Gasteiger partial charge in [0.2, 0.25) is 0 Å². The van der Waals surface area contributed by atoms with Gasteiger partial charge < -0.3 is 14.5 Å². The van der Waals surface area contributed by atoms with Crippen molar-refractivity contribution in [1.29, 1.82) is 0 Å². The summed E-state index contributed by atoms with van der Waals surface area (Å²) in [6.07, 6.45) is 2.04. The van der Waals surface area contributed by atoms with E-state index in [1.165, 1.54) is 6.07 Å². The SMILES string of the molecule is O=C(c1cc(CN2CCC(O)CC2)on1)N1CCC(c2ccccc2F)C1. The van der Waals surface area contributed by atoms with Crippen molar-refractivity contribution in [1.82, 2.24) is 15.0 Å². The van der Waals surface area contributed by atoms with Crippen LogP contribution in [-0.4, -0.2) is 58.3 Å². The van der Waals surface area contributed by atoms with E-state index in [4.69, 9.17) is 4.52 Å². The molecule has 0 bridgehead atoms. The molecule has 0 saturated carbocycles. The van der Waals surface area contributed by atoms with E-state index in [9.17, 15) is 14.3 Å². The third-order valence-electron chi connectivity index (χ3n) is 5.54. The fraction of sp³-hybridized carbons (Fsp3) is 0.500. The molecule has 1 amide bonds. The van der Waals surface area contributed by atoms with Crippen LogP contribution < -0.4 is 0 Å². The lowest BCUT2D eigenvalue weighted by Gasteiger charge is -2.28. The molecular formula is C20H24FN3O3. The Labute approximate surface area is 157 Å². The lowest BCUT2D eigenvalue weighted by Crippen LogP contribution is -2.35. The minimum absolute atomic E-state index is 0.0151. The fourth-order valence-corrected chi connectivity index (χ4v) is 3.95. The zero-order valence-corrected chi connectivity index (χ0v) is 15.2. The van der Waals surface area contributed by atoms with E-state index in [1.807, 2.05) is 6.07 Å². The van der Waals surface area contributed by atoms with Gasteiger partial charge in [0, 0.05) is 38.2 Å². The van der Waals surface area contributed by atoms with E-state index in [1.54, 1.807) is 23.1 Å². The van der Waals surface area contributed by atoms with Crippen LogP contribution in [0.1, 0.15) is 47.0 Å². The molecule has 7 heteroatoms. The smallest absolute Gasteiger partial charge is 0.276 e. The van der Waals surface area contributed by atoms with Gasteiger partial charge in [-0.25, -0.2) is 4.39 Å². The molecule has 2 aliphatic heterocycles. The highest BCUT2D eigenvalue weighted by Gasteiger charge is 2.31. The first-order valence-electron chi connectivity index (χ1n) is 9.50. The molecule has 0 radical (unpaired) electrons. The number of benzene rings is 1. The first-order valence-corrected chi connectivity index (χ1v) is 9.50. The molecule has 2 saturated heterocycles. The largest absolute Gasteiger partial charge is 0.393 e. The van der Waals surface area contributed by atoms with Crippen molar-refractivity contribution in [2.45, 2.75) is 37.8 Å². The van der Waals surface area contributed by atoms with Gasteiger partial charge in [0.1, 0.15) is 5.82 Å². The summed E-state index contributed by atoms with van der Waals surface area (Å²) in [7, 11) is 0. The molecule has 2 aliphatic rings. The molecule has 1 N–H and O–H groups in total. The van der Waals surface area contributed by atoms with Crippen LogP contribution in [0.25, 0.3) is 0 Å². The third-order valence-corrected chi connectivity index (χ3v) is 5.54. The van der Waals surface area contributed by atoms with Gasteiger partial charge in [-0.1, -0.05) is 23.4 Å². The zero-order valence-electron chi connectivity index (χ0n) is 15.2. The van der Waals surface area contributed by atoms with Crippen LogP contribution in [0, 0.1) is 5.82 Å². The van der Waals surface area contributed by atoms with Gasteiger partial charge in [0.15, 0.2) is 11.5 Å². The molecular weight excluding hydrogens is 349 g/mol. The monoisotopic (exact) mass is 373 g/mol. The first-order chi connectivity index (χ1) is 13.1. The summed E-state index contributed by atoms with van der Waals surface area (Å²) in [5.74, 6) is 0.283. The summed E-state index contributed by atoms with van der Waals surface area (Å²) < 4.78 is 19.3. The standard InChI is InChI=1S/C20H24FN3O3/c21-18-4-2-1-3-17(18)14-5-10-24(12-14)20(26)19-11-16(27-22-19)13-23-8-6-15(25)7-9-23/h1-4,11,14-15,25H,5-10,12-13H2. The molecule has 4 rings (SSSR count). The molecule has 1 aromatic carbocycles. The predicted octanol–water partition coefficient (Wildman–Crippen LogP) is 2.40. The second kappa shape index (κ2) is 7.78. The van der Waals surface area contributed by atoms with Crippen LogP contribution in [0.2, 0.25) is 0 Å². The van der Waals surface area contributed by atoms with Crippen LogP contribution in [0.15, 0.2) is 34.9 Å². The first kappa shape index (κ1) is 18.1. The number of carbonyl (C=O) groups is 1. The van der Waals surface area contributed by atoms with E-state index in [2.05, 4.69) is 10.1 Å². The number of halogens is 1. The van der Waals surface area contributed by atoms with Gasteiger partial charge in [0.25, 0.3) is 5.91 Å².